The number of rotatable bonds is 7. The zero-order chi connectivity index (χ0) is 20.8. The number of halogens is 1. The molecule has 1 saturated heterocycles. The van der Waals surface area contributed by atoms with Crippen LogP contribution in [0.25, 0.3) is 0 Å². The van der Waals surface area contributed by atoms with E-state index >= 15 is 0 Å². The van der Waals surface area contributed by atoms with Gasteiger partial charge in [-0.05, 0) is 49.2 Å². The highest BCUT2D eigenvalue weighted by Gasteiger charge is 2.20. The van der Waals surface area contributed by atoms with Gasteiger partial charge in [-0.3, -0.25) is 14.4 Å². The van der Waals surface area contributed by atoms with E-state index in [1.807, 2.05) is 0 Å². The average Bonchev–Trinajstić information content (AvgIpc) is 3.17. The molecule has 1 aliphatic heterocycles. The summed E-state index contributed by atoms with van der Waals surface area (Å²) in [6.45, 7) is 1.09. The largest absolute Gasteiger partial charge is 0.350 e. The van der Waals surface area contributed by atoms with Crippen molar-refractivity contribution >= 4 is 46.3 Å². The second-order valence-electron chi connectivity index (χ2n) is 6.77. The first-order valence-electron chi connectivity index (χ1n) is 9.43. The van der Waals surface area contributed by atoms with E-state index in [-0.39, 0.29) is 30.8 Å². The van der Waals surface area contributed by atoms with Crippen molar-refractivity contribution in [2.45, 2.75) is 25.3 Å². The van der Waals surface area contributed by atoms with Gasteiger partial charge >= 0.3 is 0 Å². The number of carbonyl (C=O) groups is 3. The summed E-state index contributed by atoms with van der Waals surface area (Å²) >= 11 is 7.03. The van der Waals surface area contributed by atoms with Crippen molar-refractivity contribution in [2.75, 3.05) is 24.5 Å². The second kappa shape index (κ2) is 9.87. The molecule has 0 saturated carbocycles. The first-order valence-corrected chi connectivity index (χ1v) is 10.6. The molecule has 154 valence electrons. The molecule has 3 amide bonds. The second-order valence-corrected chi connectivity index (χ2v) is 8.48. The summed E-state index contributed by atoms with van der Waals surface area (Å²) in [6.07, 6.45) is 2.47. The van der Waals surface area contributed by atoms with Crippen LogP contribution in [0.5, 0.6) is 0 Å². The van der Waals surface area contributed by atoms with Gasteiger partial charge in [0.2, 0.25) is 5.91 Å². The maximum absolute atomic E-state index is 12.4. The van der Waals surface area contributed by atoms with E-state index in [1.54, 1.807) is 41.3 Å². The van der Waals surface area contributed by atoms with Gasteiger partial charge in [0, 0.05) is 37.3 Å². The van der Waals surface area contributed by atoms with Crippen LogP contribution >= 0.6 is 22.9 Å². The van der Waals surface area contributed by atoms with Gasteiger partial charge in [0.05, 0.1) is 15.3 Å². The predicted molar refractivity (Wildman–Crippen MR) is 115 cm³/mol. The maximum atomic E-state index is 12.4. The van der Waals surface area contributed by atoms with E-state index in [4.69, 9.17) is 17.3 Å². The highest BCUT2D eigenvalue weighted by molar-refractivity contribution is 7.18. The fourth-order valence-electron chi connectivity index (χ4n) is 3.08. The molecule has 2 aromatic rings. The number of benzene rings is 1. The number of hydrogen-bond donors (Lipinski definition) is 3. The Morgan fingerprint density at radius 2 is 1.90 bits per heavy atom. The molecule has 0 radical (unpaired) electrons. The summed E-state index contributed by atoms with van der Waals surface area (Å²) in [6, 6.07) is 9.83. The quantitative estimate of drug-likeness (QED) is 0.622. The van der Waals surface area contributed by atoms with Crippen LogP contribution < -0.4 is 21.3 Å². The average molecular weight is 435 g/mol. The standard InChI is InChI=1S/C20H23ClN4O3S/c21-17-9-8-16(29-17)20(28)24-14(11-22)12-23-19(27)13-4-6-15(7-5-13)25-10-2-1-3-18(25)26/h4-9,14H,1-3,10-12,22H2,(H,23,27)(H,24,28). The Hall–Kier alpha value is -2.42. The Morgan fingerprint density at radius 3 is 2.52 bits per heavy atom. The van der Waals surface area contributed by atoms with E-state index < -0.39 is 6.04 Å². The van der Waals surface area contributed by atoms with Crippen LogP contribution in [0.1, 0.15) is 39.3 Å². The van der Waals surface area contributed by atoms with E-state index in [0.717, 1.165) is 18.5 Å². The molecular formula is C20H23ClN4O3S. The molecule has 29 heavy (non-hydrogen) atoms. The van der Waals surface area contributed by atoms with Gasteiger partial charge in [-0.25, -0.2) is 0 Å². The Labute approximate surface area is 178 Å². The van der Waals surface area contributed by atoms with Crippen molar-refractivity contribution < 1.29 is 14.4 Å². The Morgan fingerprint density at radius 1 is 1.14 bits per heavy atom. The molecule has 1 unspecified atom stereocenters. The lowest BCUT2D eigenvalue weighted by Gasteiger charge is -2.26. The molecule has 1 aliphatic rings. The van der Waals surface area contributed by atoms with Crippen LogP contribution in [0.2, 0.25) is 4.34 Å². The molecular weight excluding hydrogens is 412 g/mol. The molecule has 0 aliphatic carbocycles. The minimum absolute atomic E-state index is 0.113. The van der Waals surface area contributed by atoms with Crippen LogP contribution in [0.4, 0.5) is 5.69 Å². The normalized spacial score (nSPS) is 15.1. The monoisotopic (exact) mass is 434 g/mol. The molecule has 2 heterocycles. The maximum Gasteiger partial charge on any atom is 0.261 e. The summed E-state index contributed by atoms with van der Waals surface area (Å²) in [5.41, 5.74) is 6.99. The van der Waals surface area contributed by atoms with Gasteiger partial charge in [-0.2, -0.15) is 0 Å². The van der Waals surface area contributed by atoms with Crippen LogP contribution in [-0.2, 0) is 4.79 Å². The SMILES string of the molecule is NCC(CNC(=O)c1ccc(N2CCCCC2=O)cc1)NC(=O)c1ccc(Cl)s1. The van der Waals surface area contributed by atoms with Crippen molar-refractivity contribution in [3.63, 3.8) is 0 Å². The number of hydrogen-bond acceptors (Lipinski definition) is 5. The fourth-order valence-corrected chi connectivity index (χ4v) is 4.02. The summed E-state index contributed by atoms with van der Waals surface area (Å²) in [5, 5.41) is 5.57. The molecule has 1 fully saturated rings. The van der Waals surface area contributed by atoms with Gasteiger partial charge in [0.25, 0.3) is 11.8 Å². The van der Waals surface area contributed by atoms with Gasteiger partial charge in [-0.15, -0.1) is 11.3 Å². The molecule has 9 heteroatoms. The molecule has 1 aromatic heterocycles. The summed E-state index contributed by atoms with van der Waals surface area (Å²) in [5.74, 6) is -0.433. The van der Waals surface area contributed by atoms with Crippen LogP contribution in [0, 0.1) is 0 Å². The van der Waals surface area contributed by atoms with Crippen LogP contribution in [0.15, 0.2) is 36.4 Å². The molecule has 4 N–H and O–H groups in total. The van der Waals surface area contributed by atoms with Crippen molar-refractivity contribution in [1.29, 1.82) is 0 Å². The first kappa shape index (κ1) is 21.3. The third kappa shape index (κ3) is 5.56. The zero-order valence-electron chi connectivity index (χ0n) is 15.8. The Kier molecular flexibility index (Phi) is 7.24. The lowest BCUT2D eigenvalue weighted by atomic mass is 10.1. The van der Waals surface area contributed by atoms with Crippen LogP contribution in [-0.4, -0.2) is 43.4 Å². The molecule has 1 aromatic carbocycles. The number of carbonyl (C=O) groups excluding carboxylic acids is 3. The van der Waals surface area contributed by atoms with E-state index in [2.05, 4.69) is 10.6 Å². The summed E-state index contributed by atoms with van der Waals surface area (Å²) in [4.78, 5) is 38.9. The predicted octanol–water partition coefficient (Wildman–Crippen LogP) is 2.41. The minimum Gasteiger partial charge on any atom is -0.350 e. The van der Waals surface area contributed by atoms with Crippen molar-refractivity contribution in [1.82, 2.24) is 10.6 Å². The number of nitrogens with zero attached hydrogens (tertiary/aromatic N) is 1. The lowest BCUT2D eigenvalue weighted by Crippen LogP contribution is -2.47. The van der Waals surface area contributed by atoms with E-state index in [0.29, 0.717) is 27.7 Å². The molecule has 0 spiro atoms. The lowest BCUT2D eigenvalue weighted by molar-refractivity contribution is -0.119. The van der Waals surface area contributed by atoms with Gasteiger partial charge in [0.15, 0.2) is 0 Å². The molecule has 0 bridgehead atoms. The number of piperidine rings is 1. The van der Waals surface area contributed by atoms with E-state index in [1.165, 1.54) is 11.3 Å². The number of nitrogens with two attached hydrogens (primary N) is 1. The molecule has 1 atom stereocenters. The topological polar surface area (TPSA) is 105 Å². The van der Waals surface area contributed by atoms with Crippen molar-refractivity contribution in [3.05, 3.63) is 51.2 Å². The van der Waals surface area contributed by atoms with Crippen molar-refractivity contribution in [2.24, 2.45) is 5.73 Å². The molecule has 3 rings (SSSR count). The van der Waals surface area contributed by atoms with Gasteiger partial charge in [0.1, 0.15) is 0 Å². The Bertz CT molecular complexity index is 884. The number of nitrogens with one attached hydrogen (secondary N) is 2. The van der Waals surface area contributed by atoms with Gasteiger partial charge in [-0.1, -0.05) is 11.6 Å². The summed E-state index contributed by atoms with van der Waals surface area (Å²) in [7, 11) is 0. The number of amides is 3. The van der Waals surface area contributed by atoms with Gasteiger partial charge < -0.3 is 21.3 Å². The number of anilines is 1. The van der Waals surface area contributed by atoms with Crippen LogP contribution in [0.3, 0.4) is 0 Å². The highest BCUT2D eigenvalue weighted by Crippen LogP contribution is 2.22. The Balaban J connectivity index is 1.53. The third-order valence-electron chi connectivity index (χ3n) is 4.69. The fraction of sp³-hybridized carbons (Fsp3) is 0.350. The smallest absolute Gasteiger partial charge is 0.261 e. The van der Waals surface area contributed by atoms with E-state index in [9.17, 15) is 14.4 Å². The first-order chi connectivity index (χ1) is 14.0. The summed E-state index contributed by atoms with van der Waals surface area (Å²) < 4.78 is 0.530. The zero-order valence-corrected chi connectivity index (χ0v) is 17.4. The minimum atomic E-state index is -0.405. The van der Waals surface area contributed by atoms with Crippen molar-refractivity contribution in [3.8, 4) is 0 Å². The number of thiophene rings is 1. The third-order valence-corrected chi connectivity index (χ3v) is 5.92. The highest BCUT2D eigenvalue weighted by atomic mass is 35.5. The molecule has 7 nitrogen and oxygen atoms in total.